The molecule has 1 atom stereocenters. The van der Waals surface area contributed by atoms with Crippen molar-refractivity contribution in [2.75, 3.05) is 38.6 Å². The molecule has 3 heteroatoms. The van der Waals surface area contributed by atoms with E-state index in [1.165, 1.54) is 24.1 Å². The van der Waals surface area contributed by atoms with Crippen molar-refractivity contribution >= 4 is 5.69 Å². The third kappa shape index (κ3) is 4.21. The lowest BCUT2D eigenvalue weighted by Gasteiger charge is -2.33. The van der Waals surface area contributed by atoms with Crippen molar-refractivity contribution in [2.45, 2.75) is 45.7 Å². The van der Waals surface area contributed by atoms with E-state index in [9.17, 15) is 0 Å². The highest BCUT2D eigenvalue weighted by molar-refractivity contribution is 5.58. The SMILES string of the molecule is CCCN(CCC)c1cccc2c1CC(CN(C)C)NC2. The van der Waals surface area contributed by atoms with Gasteiger partial charge in [0, 0.05) is 37.9 Å². The Morgan fingerprint density at radius 3 is 2.48 bits per heavy atom. The Morgan fingerprint density at radius 1 is 1.14 bits per heavy atom. The molecule has 1 aliphatic rings. The molecule has 0 fully saturated rings. The minimum Gasteiger partial charge on any atom is -0.371 e. The molecule has 0 amide bonds. The van der Waals surface area contributed by atoms with E-state index < -0.39 is 0 Å². The third-order valence-corrected chi connectivity index (χ3v) is 4.19. The number of hydrogen-bond acceptors (Lipinski definition) is 3. The molecule has 0 bridgehead atoms. The molecule has 118 valence electrons. The number of hydrogen-bond donors (Lipinski definition) is 1. The third-order valence-electron chi connectivity index (χ3n) is 4.19. The Balaban J connectivity index is 2.23. The van der Waals surface area contributed by atoms with E-state index >= 15 is 0 Å². The second-order valence-corrected chi connectivity index (χ2v) is 6.45. The predicted octanol–water partition coefficient (Wildman–Crippen LogP) is 2.89. The van der Waals surface area contributed by atoms with Crippen LogP contribution in [0.15, 0.2) is 18.2 Å². The molecular weight excluding hydrogens is 258 g/mol. The summed E-state index contributed by atoms with van der Waals surface area (Å²) < 4.78 is 0. The fourth-order valence-electron chi connectivity index (χ4n) is 3.35. The summed E-state index contributed by atoms with van der Waals surface area (Å²) in [6.07, 6.45) is 3.57. The van der Waals surface area contributed by atoms with Gasteiger partial charge in [-0.15, -0.1) is 0 Å². The van der Waals surface area contributed by atoms with Gasteiger partial charge in [0.05, 0.1) is 0 Å². The molecule has 1 aliphatic heterocycles. The molecule has 1 unspecified atom stereocenters. The molecule has 1 aromatic rings. The monoisotopic (exact) mass is 289 g/mol. The van der Waals surface area contributed by atoms with Gasteiger partial charge in [-0.1, -0.05) is 26.0 Å². The number of likely N-dealkylation sites (N-methyl/N-ethyl adjacent to an activating group) is 1. The molecule has 21 heavy (non-hydrogen) atoms. The minimum absolute atomic E-state index is 0.568. The Hall–Kier alpha value is -1.06. The first-order valence-corrected chi connectivity index (χ1v) is 8.39. The molecule has 2 rings (SSSR count). The zero-order valence-corrected chi connectivity index (χ0v) is 14.2. The van der Waals surface area contributed by atoms with Crippen molar-refractivity contribution in [1.82, 2.24) is 10.2 Å². The van der Waals surface area contributed by atoms with Crippen LogP contribution in [0.1, 0.15) is 37.8 Å². The first kappa shape index (κ1) is 16.3. The van der Waals surface area contributed by atoms with Crippen molar-refractivity contribution < 1.29 is 0 Å². The van der Waals surface area contributed by atoms with Crippen LogP contribution in [-0.2, 0) is 13.0 Å². The maximum atomic E-state index is 3.68. The van der Waals surface area contributed by atoms with Crippen LogP contribution in [0, 0.1) is 0 Å². The smallest absolute Gasteiger partial charge is 0.0402 e. The normalized spacial score (nSPS) is 17.9. The van der Waals surface area contributed by atoms with Crippen LogP contribution in [0.2, 0.25) is 0 Å². The van der Waals surface area contributed by atoms with Gasteiger partial charge in [-0.3, -0.25) is 0 Å². The molecule has 0 aliphatic carbocycles. The van der Waals surface area contributed by atoms with E-state index in [0.29, 0.717) is 6.04 Å². The summed E-state index contributed by atoms with van der Waals surface area (Å²) in [6.45, 7) is 8.98. The molecule has 1 heterocycles. The van der Waals surface area contributed by atoms with Gasteiger partial charge < -0.3 is 15.1 Å². The Labute approximate surface area is 130 Å². The second kappa shape index (κ2) is 7.81. The summed E-state index contributed by atoms with van der Waals surface area (Å²) in [5.41, 5.74) is 4.53. The largest absolute Gasteiger partial charge is 0.371 e. The Kier molecular flexibility index (Phi) is 6.07. The second-order valence-electron chi connectivity index (χ2n) is 6.45. The van der Waals surface area contributed by atoms with E-state index in [1.807, 2.05) is 0 Å². The Bertz CT molecular complexity index is 436. The molecule has 3 nitrogen and oxygen atoms in total. The first-order valence-electron chi connectivity index (χ1n) is 8.39. The van der Waals surface area contributed by atoms with Crippen LogP contribution >= 0.6 is 0 Å². The molecular formula is C18H31N3. The number of rotatable bonds is 7. The first-order chi connectivity index (χ1) is 10.2. The van der Waals surface area contributed by atoms with Crippen molar-refractivity contribution in [2.24, 2.45) is 0 Å². The van der Waals surface area contributed by atoms with Gasteiger partial charge in [0.2, 0.25) is 0 Å². The standard InChI is InChI=1S/C18H31N3/c1-5-10-21(11-6-2)18-9-7-8-15-13-19-16(12-17(15)18)14-20(3)4/h7-9,16,19H,5-6,10-14H2,1-4H3. The number of nitrogens with zero attached hydrogens (tertiary/aromatic N) is 2. The highest BCUT2D eigenvalue weighted by Gasteiger charge is 2.22. The van der Waals surface area contributed by atoms with Gasteiger partial charge in [-0.2, -0.15) is 0 Å². The predicted molar refractivity (Wildman–Crippen MR) is 92.1 cm³/mol. The molecule has 0 spiro atoms. The molecule has 1 N–H and O–H groups in total. The zero-order chi connectivity index (χ0) is 15.2. The van der Waals surface area contributed by atoms with Crippen LogP contribution in [0.25, 0.3) is 0 Å². The van der Waals surface area contributed by atoms with Crippen molar-refractivity contribution in [3.63, 3.8) is 0 Å². The van der Waals surface area contributed by atoms with E-state index in [0.717, 1.165) is 32.6 Å². The lowest BCUT2D eigenvalue weighted by molar-refractivity contribution is 0.326. The highest BCUT2D eigenvalue weighted by atomic mass is 15.1. The topological polar surface area (TPSA) is 18.5 Å². The average Bonchev–Trinajstić information content (AvgIpc) is 2.46. The number of nitrogens with one attached hydrogen (secondary N) is 1. The maximum Gasteiger partial charge on any atom is 0.0402 e. The Morgan fingerprint density at radius 2 is 1.86 bits per heavy atom. The summed E-state index contributed by atoms with van der Waals surface area (Å²) in [4.78, 5) is 4.86. The molecule has 1 aromatic carbocycles. The van der Waals surface area contributed by atoms with Crippen LogP contribution in [-0.4, -0.2) is 44.7 Å². The minimum atomic E-state index is 0.568. The van der Waals surface area contributed by atoms with Gasteiger partial charge in [0.25, 0.3) is 0 Å². The van der Waals surface area contributed by atoms with Gasteiger partial charge in [0.1, 0.15) is 0 Å². The summed E-state index contributed by atoms with van der Waals surface area (Å²) in [6, 6.07) is 7.40. The summed E-state index contributed by atoms with van der Waals surface area (Å²) in [5, 5.41) is 3.68. The maximum absolute atomic E-state index is 3.68. The van der Waals surface area contributed by atoms with Crippen molar-refractivity contribution in [3.8, 4) is 0 Å². The van der Waals surface area contributed by atoms with Gasteiger partial charge >= 0.3 is 0 Å². The van der Waals surface area contributed by atoms with Crippen LogP contribution in [0.3, 0.4) is 0 Å². The van der Waals surface area contributed by atoms with E-state index in [-0.39, 0.29) is 0 Å². The number of benzene rings is 1. The van der Waals surface area contributed by atoms with Gasteiger partial charge in [-0.05, 0) is 50.6 Å². The van der Waals surface area contributed by atoms with Gasteiger partial charge in [0.15, 0.2) is 0 Å². The highest BCUT2D eigenvalue weighted by Crippen LogP contribution is 2.28. The lowest BCUT2D eigenvalue weighted by atomic mass is 9.93. The summed E-state index contributed by atoms with van der Waals surface area (Å²) >= 11 is 0. The van der Waals surface area contributed by atoms with E-state index in [1.54, 1.807) is 5.56 Å². The fourth-order valence-corrected chi connectivity index (χ4v) is 3.35. The lowest BCUT2D eigenvalue weighted by Crippen LogP contribution is -2.43. The molecule has 0 saturated heterocycles. The van der Waals surface area contributed by atoms with Crippen LogP contribution in [0.5, 0.6) is 0 Å². The van der Waals surface area contributed by atoms with Crippen LogP contribution in [0.4, 0.5) is 5.69 Å². The van der Waals surface area contributed by atoms with Crippen molar-refractivity contribution in [1.29, 1.82) is 0 Å². The number of anilines is 1. The van der Waals surface area contributed by atoms with E-state index in [4.69, 9.17) is 0 Å². The summed E-state index contributed by atoms with van der Waals surface area (Å²) in [5.74, 6) is 0. The molecule has 0 saturated carbocycles. The average molecular weight is 289 g/mol. The zero-order valence-electron chi connectivity index (χ0n) is 14.2. The van der Waals surface area contributed by atoms with E-state index in [2.05, 4.69) is 61.3 Å². The fraction of sp³-hybridized carbons (Fsp3) is 0.667. The van der Waals surface area contributed by atoms with Crippen LogP contribution < -0.4 is 10.2 Å². The quantitative estimate of drug-likeness (QED) is 0.832. The van der Waals surface area contributed by atoms with Gasteiger partial charge in [-0.25, -0.2) is 0 Å². The number of fused-ring (bicyclic) bond motifs is 1. The molecule has 0 aromatic heterocycles. The molecule has 0 radical (unpaired) electrons. The summed E-state index contributed by atoms with van der Waals surface area (Å²) in [7, 11) is 4.31. The van der Waals surface area contributed by atoms with Crippen molar-refractivity contribution in [3.05, 3.63) is 29.3 Å².